The topological polar surface area (TPSA) is 53.1 Å². The summed E-state index contributed by atoms with van der Waals surface area (Å²) in [6.45, 7) is 0. The quantitative estimate of drug-likeness (QED) is 0.774. The van der Waals surface area contributed by atoms with Crippen molar-refractivity contribution in [3.05, 3.63) is 18.0 Å². The summed E-state index contributed by atoms with van der Waals surface area (Å²) in [6.07, 6.45) is 4.51. The first kappa shape index (κ1) is 9.68. The highest BCUT2D eigenvalue weighted by Crippen LogP contribution is 2.38. The van der Waals surface area contributed by atoms with Gasteiger partial charge in [-0.2, -0.15) is 5.10 Å². The maximum Gasteiger partial charge on any atom is 0.0818 e. The molecule has 2 unspecified atom stereocenters. The molecule has 1 fully saturated rings. The fraction of sp³-hybridized carbons (Fsp3) is 0.700. The number of rotatable bonds is 4. The predicted molar refractivity (Wildman–Crippen MR) is 53.7 cm³/mol. The summed E-state index contributed by atoms with van der Waals surface area (Å²) in [6, 6.07) is 1.87. The van der Waals surface area contributed by atoms with Crippen LogP contribution in [0.15, 0.2) is 12.3 Å². The largest absolute Gasteiger partial charge is 0.379 e. The Morgan fingerprint density at radius 3 is 2.79 bits per heavy atom. The van der Waals surface area contributed by atoms with Gasteiger partial charge in [0, 0.05) is 20.4 Å². The summed E-state index contributed by atoms with van der Waals surface area (Å²) in [5.74, 6) is 0.636. The summed E-state index contributed by atoms with van der Waals surface area (Å²) in [5, 5.41) is 4.30. The summed E-state index contributed by atoms with van der Waals surface area (Å²) in [7, 11) is 3.63. The minimum Gasteiger partial charge on any atom is -0.379 e. The van der Waals surface area contributed by atoms with E-state index in [0.29, 0.717) is 5.92 Å². The van der Waals surface area contributed by atoms with Crippen LogP contribution in [0.2, 0.25) is 0 Å². The first-order chi connectivity index (χ1) is 6.72. The molecule has 0 amide bonds. The smallest absolute Gasteiger partial charge is 0.0818 e. The number of nitrogens with zero attached hydrogens (tertiary/aromatic N) is 2. The van der Waals surface area contributed by atoms with Gasteiger partial charge in [-0.3, -0.25) is 4.68 Å². The van der Waals surface area contributed by atoms with Crippen molar-refractivity contribution in [2.75, 3.05) is 7.11 Å². The molecule has 1 saturated carbocycles. The van der Waals surface area contributed by atoms with Gasteiger partial charge in [-0.05, 0) is 24.8 Å². The van der Waals surface area contributed by atoms with E-state index in [9.17, 15) is 0 Å². The molecule has 14 heavy (non-hydrogen) atoms. The Morgan fingerprint density at radius 1 is 1.64 bits per heavy atom. The monoisotopic (exact) mass is 195 g/mol. The Labute approximate surface area is 84.0 Å². The van der Waals surface area contributed by atoms with Crippen LogP contribution in [0.5, 0.6) is 0 Å². The van der Waals surface area contributed by atoms with Gasteiger partial charge in [0.2, 0.25) is 0 Å². The van der Waals surface area contributed by atoms with Crippen molar-refractivity contribution >= 4 is 0 Å². The van der Waals surface area contributed by atoms with E-state index in [1.54, 1.807) is 11.8 Å². The fourth-order valence-electron chi connectivity index (χ4n) is 1.84. The molecule has 1 aromatic rings. The highest BCUT2D eigenvalue weighted by molar-refractivity contribution is 5.08. The molecule has 0 bridgehead atoms. The Bertz CT molecular complexity index is 306. The summed E-state index contributed by atoms with van der Waals surface area (Å²) in [5.41, 5.74) is 7.03. The van der Waals surface area contributed by atoms with Gasteiger partial charge in [-0.25, -0.2) is 0 Å². The third-order valence-corrected chi connectivity index (χ3v) is 2.79. The van der Waals surface area contributed by atoms with E-state index in [4.69, 9.17) is 10.5 Å². The molecular weight excluding hydrogens is 178 g/mol. The van der Waals surface area contributed by atoms with Crippen LogP contribution in [-0.4, -0.2) is 23.0 Å². The second kappa shape index (κ2) is 3.71. The van der Waals surface area contributed by atoms with E-state index in [2.05, 4.69) is 5.10 Å². The van der Waals surface area contributed by atoms with Crippen molar-refractivity contribution in [1.29, 1.82) is 0 Å². The Hall–Kier alpha value is -0.870. The Balaban J connectivity index is 2.08. The second-order valence-corrected chi connectivity index (χ2v) is 3.98. The minimum atomic E-state index is -0.0892. The number of hydrogen-bond donors (Lipinski definition) is 1. The van der Waals surface area contributed by atoms with E-state index >= 15 is 0 Å². The van der Waals surface area contributed by atoms with Gasteiger partial charge in [0.15, 0.2) is 0 Å². The molecule has 4 heteroatoms. The van der Waals surface area contributed by atoms with Crippen LogP contribution >= 0.6 is 0 Å². The number of nitrogens with two attached hydrogens (primary N) is 1. The van der Waals surface area contributed by atoms with Gasteiger partial charge in [-0.1, -0.05) is 0 Å². The normalized spacial score (nSPS) is 20.8. The van der Waals surface area contributed by atoms with Crippen LogP contribution in [0.1, 0.15) is 24.6 Å². The predicted octanol–water partition coefficient (Wildman–Crippen LogP) is 0.845. The van der Waals surface area contributed by atoms with Crippen molar-refractivity contribution in [1.82, 2.24) is 9.78 Å². The number of ether oxygens (including phenoxy) is 1. The molecule has 1 aliphatic rings. The summed E-state index contributed by atoms with van der Waals surface area (Å²) in [4.78, 5) is 0. The van der Waals surface area contributed by atoms with Gasteiger partial charge >= 0.3 is 0 Å². The maximum absolute atomic E-state index is 6.10. The molecule has 1 heterocycles. The zero-order chi connectivity index (χ0) is 10.1. The summed E-state index contributed by atoms with van der Waals surface area (Å²) >= 11 is 0. The van der Waals surface area contributed by atoms with Gasteiger partial charge in [0.1, 0.15) is 0 Å². The average molecular weight is 195 g/mol. The third-order valence-electron chi connectivity index (χ3n) is 2.79. The molecule has 2 rings (SSSR count). The average Bonchev–Trinajstić information content (AvgIpc) is 2.90. The van der Waals surface area contributed by atoms with Crippen molar-refractivity contribution in [2.24, 2.45) is 18.7 Å². The van der Waals surface area contributed by atoms with Crippen molar-refractivity contribution < 1.29 is 4.74 Å². The zero-order valence-corrected chi connectivity index (χ0v) is 8.68. The standard InChI is InChI=1S/C10H17N3O/c1-13-6-5-8(12-13)9(11)10(14-2)7-3-4-7/h5-7,9-10H,3-4,11H2,1-2H3. The van der Waals surface area contributed by atoms with E-state index in [-0.39, 0.29) is 12.1 Å². The fourth-order valence-corrected chi connectivity index (χ4v) is 1.84. The lowest BCUT2D eigenvalue weighted by atomic mass is 10.0. The van der Waals surface area contributed by atoms with Gasteiger partial charge in [0.25, 0.3) is 0 Å². The Kier molecular flexibility index (Phi) is 2.56. The lowest BCUT2D eigenvalue weighted by Gasteiger charge is -2.20. The molecule has 0 aromatic carbocycles. The minimum absolute atomic E-state index is 0.0892. The van der Waals surface area contributed by atoms with Gasteiger partial charge < -0.3 is 10.5 Å². The molecule has 0 aliphatic heterocycles. The first-order valence-electron chi connectivity index (χ1n) is 5.00. The molecule has 78 valence electrons. The van der Waals surface area contributed by atoms with Gasteiger partial charge in [0.05, 0.1) is 17.8 Å². The van der Waals surface area contributed by atoms with Crippen LogP contribution in [0.25, 0.3) is 0 Å². The second-order valence-electron chi connectivity index (χ2n) is 3.98. The highest BCUT2D eigenvalue weighted by atomic mass is 16.5. The molecule has 2 N–H and O–H groups in total. The number of methoxy groups -OCH3 is 1. The highest BCUT2D eigenvalue weighted by Gasteiger charge is 2.36. The maximum atomic E-state index is 6.10. The van der Waals surface area contributed by atoms with Crippen molar-refractivity contribution in [3.63, 3.8) is 0 Å². The van der Waals surface area contributed by atoms with Gasteiger partial charge in [-0.15, -0.1) is 0 Å². The molecule has 0 radical (unpaired) electrons. The van der Waals surface area contributed by atoms with Crippen LogP contribution in [0.4, 0.5) is 0 Å². The van der Waals surface area contributed by atoms with E-state index in [1.165, 1.54) is 12.8 Å². The van der Waals surface area contributed by atoms with Crippen LogP contribution in [-0.2, 0) is 11.8 Å². The van der Waals surface area contributed by atoms with Crippen molar-refractivity contribution in [2.45, 2.75) is 25.0 Å². The molecule has 0 spiro atoms. The molecule has 4 nitrogen and oxygen atoms in total. The first-order valence-corrected chi connectivity index (χ1v) is 5.00. The Morgan fingerprint density at radius 2 is 2.36 bits per heavy atom. The lowest BCUT2D eigenvalue weighted by Crippen LogP contribution is -2.30. The lowest BCUT2D eigenvalue weighted by molar-refractivity contribution is 0.0611. The molecular formula is C10H17N3O. The number of hydrogen-bond acceptors (Lipinski definition) is 3. The molecule has 1 aromatic heterocycles. The van der Waals surface area contributed by atoms with Crippen molar-refractivity contribution in [3.8, 4) is 0 Å². The number of aryl methyl sites for hydroxylation is 1. The van der Waals surface area contributed by atoms with Crippen LogP contribution < -0.4 is 5.73 Å². The molecule has 2 atom stereocenters. The molecule has 0 saturated heterocycles. The summed E-state index contributed by atoms with van der Waals surface area (Å²) < 4.78 is 7.20. The van der Waals surface area contributed by atoms with Crippen LogP contribution in [0.3, 0.4) is 0 Å². The van der Waals surface area contributed by atoms with E-state index in [1.807, 2.05) is 19.3 Å². The zero-order valence-electron chi connectivity index (χ0n) is 8.68. The van der Waals surface area contributed by atoms with E-state index in [0.717, 1.165) is 5.69 Å². The number of aromatic nitrogens is 2. The van der Waals surface area contributed by atoms with Crippen LogP contribution in [0, 0.1) is 5.92 Å². The van der Waals surface area contributed by atoms with E-state index < -0.39 is 0 Å². The SMILES string of the molecule is COC(C1CC1)C(N)c1ccn(C)n1. The third kappa shape index (κ3) is 1.81. The molecule has 1 aliphatic carbocycles.